The van der Waals surface area contributed by atoms with E-state index in [2.05, 4.69) is 81.5 Å². The molecule has 13 heteroatoms. The molecule has 1 aliphatic carbocycles. The Morgan fingerprint density at radius 3 is 2.49 bits per heavy atom. The zero-order chi connectivity index (χ0) is 42.7. The first kappa shape index (κ1) is 42.4. The van der Waals surface area contributed by atoms with Gasteiger partial charge >= 0.3 is 5.97 Å². The van der Waals surface area contributed by atoms with Crippen molar-refractivity contribution >= 4 is 29.5 Å². The van der Waals surface area contributed by atoms with Crippen molar-refractivity contribution in [2.75, 3.05) is 38.7 Å². The van der Waals surface area contributed by atoms with Crippen molar-refractivity contribution < 1.29 is 38.4 Å². The Morgan fingerprint density at radius 2 is 1.80 bits per heavy atom. The number of ketones is 1. The molecule has 1 saturated heterocycles. The fourth-order valence-electron chi connectivity index (χ4n) is 9.62. The Labute approximate surface area is 347 Å². The van der Waals surface area contributed by atoms with Crippen LogP contribution in [-0.4, -0.2) is 87.4 Å². The summed E-state index contributed by atoms with van der Waals surface area (Å²) in [5, 5.41) is 21.2. The lowest BCUT2D eigenvalue weighted by atomic mass is 9.55. The molecule has 1 saturated carbocycles. The number of benzene rings is 1. The average molecular weight is 812 g/mol. The van der Waals surface area contributed by atoms with Crippen LogP contribution in [0.2, 0.25) is 0 Å². The molecule has 318 valence electrons. The van der Waals surface area contributed by atoms with Gasteiger partial charge in [-0.25, -0.2) is 14.5 Å². The summed E-state index contributed by atoms with van der Waals surface area (Å²) in [5.41, 5.74) is 2.02. The molecule has 2 fully saturated rings. The average Bonchev–Trinajstić information content (AvgIpc) is 3.64. The Morgan fingerprint density at radius 1 is 1.05 bits per heavy atom. The summed E-state index contributed by atoms with van der Waals surface area (Å²) < 4.78 is 36.0. The molecule has 13 nitrogen and oxygen atoms in total. The summed E-state index contributed by atoms with van der Waals surface area (Å²) in [6, 6.07) is -0.595. The van der Waals surface area contributed by atoms with Crippen molar-refractivity contribution in [2.45, 2.75) is 123 Å². The first-order valence-corrected chi connectivity index (χ1v) is 20.9. The summed E-state index contributed by atoms with van der Waals surface area (Å²) in [6.07, 6.45) is 14.1. The fourth-order valence-corrected chi connectivity index (χ4v) is 9.62. The highest BCUT2D eigenvalue weighted by Crippen LogP contribution is 2.68. The highest BCUT2D eigenvalue weighted by atomic mass is 16.6. The third kappa shape index (κ3) is 6.92. The number of esters is 1. The lowest BCUT2D eigenvalue weighted by Gasteiger charge is -2.56. The first-order valence-electron chi connectivity index (χ1n) is 20.9. The van der Waals surface area contributed by atoms with E-state index in [1.165, 1.54) is 12.7 Å². The second-order valence-corrected chi connectivity index (χ2v) is 17.9. The lowest BCUT2D eigenvalue weighted by Crippen LogP contribution is -2.70. The third-order valence-corrected chi connectivity index (χ3v) is 12.8. The molecular weight excluding hydrogens is 751 g/mol. The van der Waals surface area contributed by atoms with E-state index in [-0.39, 0.29) is 25.4 Å². The van der Waals surface area contributed by atoms with E-state index < -0.39 is 46.3 Å². The van der Waals surface area contributed by atoms with Gasteiger partial charge in [0.25, 0.3) is 0 Å². The zero-order valence-corrected chi connectivity index (χ0v) is 36.5. The van der Waals surface area contributed by atoms with Crippen LogP contribution in [0.25, 0.3) is 11.8 Å². The number of aliphatic hydroxyl groups excluding tert-OH is 1. The van der Waals surface area contributed by atoms with Crippen LogP contribution in [0.1, 0.15) is 111 Å². The number of methoxy groups -OCH3 is 1. The van der Waals surface area contributed by atoms with Crippen LogP contribution in [0, 0.1) is 11.8 Å². The Balaban J connectivity index is 1.57. The molecule has 2 aromatic rings. The van der Waals surface area contributed by atoms with E-state index >= 15 is 4.79 Å². The second-order valence-electron chi connectivity index (χ2n) is 17.9. The van der Waals surface area contributed by atoms with Gasteiger partial charge in [0.2, 0.25) is 5.95 Å². The van der Waals surface area contributed by atoms with Crippen LogP contribution >= 0.6 is 0 Å². The van der Waals surface area contributed by atoms with Gasteiger partial charge in [0, 0.05) is 48.1 Å². The van der Waals surface area contributed by atoms with Crippen LogP contribution in [-0.2, 0) is 25.5 Å². The number of anilines is 1. The van der Waals surface area contributed by atoms with Gasteiger partial charge in [-0.05, 0) is 86.8 Å². The van der Waals surface area contributed by atoms with E-state index in [0.29, 0.717) is 59.5 Å². The summed E-state index contributed by atoms with van der Waals surface area (Å²) in [5.74, 6) is 0.432. The van der Waals surface area contributed by atoms with Crippen molar-refractivity contribution in [3.63, 3.8) is 0 Å². The Kier molecular flexibility index (Phi) is 11.3. The monoisotopic (exact) mass is 811 g/mol. The SMILES string of the molecule is COC(=O)/C(C)=C\CC12OC(C)(C)C(C)C13Oc1c(CC=C(C)C)c4c(c(OCCNCCO)c1C1=C3C(C(C)C2=O)n2cnc(n2)N1)C=CC(C)(CCC=C(C)C)O4. The number of aliphatic hydroxyl groups is 1. The van der Waals surface area contributed by atoms with Crippen LogP contribution in [0.15, 0.2) is 52.9 Å². The molecule has 5 aliphatic rings. The number of carbonyl (C=O) groups excluding carboxylic acids is 2. The molecule has 6 atom stereocenters. The number of fused-ring (bicyclic) bond motifs is 6. The van der Waals surface area contributed by atoms with Crippen molar-refractivity contribution in [2.24, 2.45) is 11.8 Å². The van der Waals surface area contributed by atoms with Gasteiger partial charge in [0.15, 0.2) is 17.0 Å². The van der Waals surface area contributed by atoms with Gasteiger partial charge in [-0.1, -0.05) is 43.2 Å². The molecule has 5 heterocycles. The third-order valence-electron chi connectivity index (χ3n) is 12.8. The Hall–Kier alpha value is -4.72. The molecule has 1 aromatic heterocycles. The maximum Gasteiger partial charge on any atom is 0.333 e. The minimum atomic E-state index is -1.58. The molecule has 0 amide bonds. The molecule has 4 aliphatic heterocycles. The molecule has 2 bridgehead atoms. The molecular formula is C46H61N5O8. The predicted octanol–water partition coefficient (Wildman–Crippen LogP) is 7.08. The van der Waals surface area contributed by atoms with E-state index in [1.807, 2.05) is 20.8 Å². The summed E-state index contributed by atoms with van der Waals surface area (Å²) in [6.45, 7) is 21.3. The van der Waals surface area contributed by atoms with Crippen LogP contribution in [0.4, 0.5) is 5.95 Å². The number of nitrogens with one attached hydrogen (secondary N) is 2. The van der Waals surface area contributed by atoms with E-state index in [0.717, 1.165) is 35.1 Å². The minimum Gasteiger partial charge on any atom is -0.491 e. The number of hydrogen-bond donors (Lipinski definition) is 3. The second kappa shape index (κ2) is 15.7. The standard InChI is InChI=1S/C46H61N5O8/c1-26(2)13-12-18-44(10)19-17-32-37(57-44)31(15-14-27(3)4)39-33(38(32)56-24-22-47-21-23-52)35-34-36(51-25-48-42(49-35)50-51)29(6)40(53)45(20-16-28(5)41(54)55-11)46(34,58-39)30(7)43(8,9)59-45/h13-14,16-17,19,25,29-30,36,47,52H,12,15,18,20-24H2,1-11H3,(H,49,50)/b28-16-. The van der Waals surface area contributed by atoms with Gasteiger partial charge in [-0.2, -0.15) is 0 Å². The number of allylic oxidation sites excluding steroid dienone is 4. The number of aromatic nitrogens is 3. The zero-order valence-electron chi connectivity index (χ0n) is 36.5. The molecule has 1 spiro atoms. The van der Waals surface area contributed by atoms with Gasteiger partial charge in [-0.3, -0.25) is 4.79 Å². The van der Waals surface area contributed by atoms with E-state index in [4.69, 9.17) is 28.8 Å². The van der Waals surface area contributed by atoms with Gasteiger partial charge in [0.1, 0.15) is 35.8 Å². The molecule has 59 heavy (non-hydrogen) atoms. The van der Waals surface area contributed by atoms with Crippen molar-refractivity contribution in [1.29, 1.82) is 0 Å². The minimum absolute atomic E-state index is 0.00592. The number of hydrogen-bond acceptors (Lipinski definition) is 12. The molecule has 6 unspecified atom stereocenters. The number of Topliss-reactive ketones (excluding diaryl/α,β-unsaturated/α-hetero) is 1. The van der Waals surface area contributed by atoms with Crippen LogP contribution < -0.4 is 24.8 Å². The maximum absolute atomic E-state index is 15.5. The molecule has 1 aromatic carbocycles. The molecule has 0 radical (unpaired) electrons. The lowest BCUT2D eigenvalue weighted by molar-refractivity contribution is -0.176. The van der Waals surface area contributed by atoms with E-state index in [9.17, 15) is 9.90 Å². The number of rotatable bonds is 14. The Bertz CT molecular complexity index is 2190. The predicted molar refractivity (Wildman–Crippen MR) is 226 cm³/mol. The van der Waals surface area contributed by atoms with Gasteiger partial charge < -0.3 is 39.4 Å². The van der Waals surface area contributed by atoms with E-state index in [1.54, 1.807) is 24.0 Å². The highest BCUT2D eigenvalue weighted by Gasteiger charge is 2.79. The van der Waals surface area contributed by atoms with Crippen LogP contribution in [0.5, 0.6) is 17.2 Å². The molecule has 3 N–H and O–H groups in total. The molecule has 7 rings (SSSR count). The van der Waals surface area contributed by atoms with Crippen molar-refractivity contribution in [3.05, 3.63) is 69.6 Å². The normalized spacial score (nSPS) is 28.2. The fraction of sp³-hybridized carbons (Fsp3) is 0.565. The first-order chi connectivity index (χ1) is 27.9. The highest BCUT2D eigenvalue weighted by molar-refractivity contribution is 6.01. The van der Waals surface area contributed by atoms with Gasteiger partial charge in [0.05, 0.1) is 42.2 Å². The maximum atomic E-state index is 15.5. The number of nitrogens with zero attached hydrogens (tertiary/aromatic N) is 3. The smallest absolute Gasteiger partial charge is 0.333 e. The van der Waals surface area contributed by atoms with Gasteiger partial charge in [-0.15, -0.1) is 5.10 Å². The quantitative estimate of drug-likeness (QED) is 0.0773. The summed E-state index contributed by atoms with van der Waals surface area (Å²) in [4.78, 5) is 33.0. The topological polar surface area (TPSA) is 155 Å². The summed E-state index contributed by atoms with van der Waals surface area (Å²) in [7, 11) is 1.34. The van der Waals surface area contributed by atoms with Crippen LogP contribution in [0.3, 0.4) is 0 Å². The summed E-state index contributed by atoms with van der Waals surface area (Å²) >= 11 is 0. The van der Waals surface area contributed by atoms with Crippen molar-refractivity contribution in [3.8, 4) is 17.2 Å². The number of carbonyl (C=O) groups is 2. The van der Waals surface area contributed by atoms with Crippen molar-refractivity contribution in [1.82, 2.24) is 20.1 Å². The largest absolute Gasteiger partial charge is 0.491 e. The number of ether oxygens (including phenoxy) is 5.